The molecule has 0 saturated carbocycles. The van der Waals surface area contributed by atoms with Crippen molar-refractivity contribution >= 4 is 21.8 Å². The van der Waals surface area contributed by atoms with Crippen molar-refractivity contribution in [1.29, 1.82) is 0 Å². The number of halogens is 1. The smallest absolute Gasteiger partial charge is 0.309 e. The molecule has 2 aromatic rings. The van der Waals surface area contributed by atoms with Crippen molar-refractivity contribution in [2.24, 2.45) is 0 Å². The van der Waals surface area contributed by atoms with E-state index >= 15 is 0 Å². The van der Waals surface area contributed by atoms with Crippen LogP contribution in [0, 0.1) is 12.7 Å². The first-order valence-corrected chi connectivity index (χ1v) is 12.6. The zero-order chi connectivity index (χ0) is 23.8. The molecule has 178 valence electrons. The Morgan fingerprint density at radius 3 is 2.42 bits per heavy atom. The highest BCUT2D eigenvalue weighted by Crippen LogP contribution is 2.27. The van der Waals surface area contributed by atoms with Crippen molar-refractivity contribution in [2.45, 2.75) is 50.0 Å². The number of rotatable bonds is 8. The lowest BCUT2D eigenvalue weighted by Gasteiger charge is -2.34. The largest absolute Gasteiger partial charge is 0.348 e. The van der Waals surface area contributed by atoms with E-state index in [1.807, 2.05) is 30.3 Å². The molecule has 1 unspecified atom stereocenters. The molecule has 7 nitrogen and oxygen atoms in total. The molecule has 2 aromatic carbocycles. The van der Waals surface area contributed by atoms with Crippen molar-refractivity contribution in [1.82, 2.24) is 14.9 Å². The van der Waals surface area contributed by atoms with E-state index in [4.69, 9.17) is 0 Å². The Bertz CT molecular complexity index is 1080. The molecule has 1 heterocycles. The Morgan fingerprint density at radius 2 is 1.73 bits per heavy atom. The van der Waals surface area contributed by atoms with E-state index in [2.05, 4.69) is 10.6 Å². The van der Waals surface area contributed by atoms with E-state index in [0.29, 0.717) is 32.4 Å². The van der Waals surface area contributed by atoms with Crippen LogP contribution in [0.2, 0.25) is 0 Å². The van der Waals surface area contributed by atoms with Gasteiger partial charge in [-0.15, -0.1) is 0 Å². The summed E-state index contributed by atoms with van der Waals surface area (Å²) in [4.78, 5) is 24.2. The number of carbonyl (C=O) groups excluding carboxylic acids is 2. The fraction of sp³-hybridized carbons (Fsp3) is 0.417. The third kappa shape index (κ3) is 6.61. The second-order valence-corrected chi connectivity index (χ2v) is 10.1. The fourth-order valence-electron chi connectivity index (χ4n) is 3.97. The number of benzene rings is 2. The van der Waals surface area contributed by atoms with Gasteiger partial charge in [0.05, 0.1) is 4.90 Å². The average molecular weight is 476 g/mol. The SMILES string of the molecule is Cc1cc(S(=O)(=O)N2CCCCC2CCNC(=O)C(=O)NCCc2ccccc2)ccc1F. The van der Waals surface area contributed by atoms with Gasteiger partial charge < -0.3 is 10.6 Å². The predicted octanol–water partition coefficient (Wildman–Crippen LogP) is 2.54. The summed E-state index contributed by atoms with van der Waals surface area (Å²) in [6.07, 6.45) is 3.30. The van der Waals surface area contributed by atoms with E-state index < -0.39 is 27.7 Å². The summed E-state index contributed by atoms with van der Waals surface area (Å²) in [5, 5.41) is 5.18. The van der Waals surface area contributed by atoms with E-state index in [0.717, 1.165) is 24.5 Å². The standard InChI is InChI=1S/C24H30FN3O4S/c1-18-17-21(10-11-22(18)25)33(31,32)28-16-6-5-9-20(28)13-15-27-24(30)23(29)26-14-12-19-7-3-2-4-8-19/h2-4,7-8,10-11,17,20H,5-6,9,12-16H2,1H3,(H,26,29)(H,27,30). The molecule has 33 heavy (non-hydrogen) atoms. The lowest BCUT2D eigenvalue weighted by Crippen LogP contribution is -2.46. The topological polar surface area (TPSA) is 95.6 Å². The van der Waals surface area contributed by atoms with E-state index in [-0.39, 0.29) is 23.0 Å². The van der Waals surface area contributed by atoms with Crippen molar-refractivity contribution in [3.05, 3.63) is 65.5 Å². The summed E-state index contributed by atoms with van der Waals surface area (Å²) in [6.45, 7) is 2.44. The van der Waals surface area contributed by atoms with Gasteiger partial charge in [-0.2, -0.15) is 4.31 Å². The zero-order valence-corrected chi connectivity index (χ0v) is 19.5. The van der Waals surface area contributed by atoms with Crippen LogP contribution in [0.1, 0.15) is 36.8 Å². The van der Waals surface area contributed by atoms with Crippen LogP contribution >= 0.6 is 0 Å². The van der Waals surface area contributed by atoms with Crippen LogP contribution in [0.5, 0.6) is 0 Å². The Labute approximate surface area is 194 Å². The number of nitrogens with one attached hydrogen (secondary N) is 2. The van der Waals surface area contributed by atoms with Gasteiger partial charge in [0.2, 0.25) is 10.0 Å². The van der Waals surface area contributed by atoms with Gasteiger partial charge in [0, 0.05) is 25.7 Å². The molecule has 0 aromatic heterocycles. The molecule has 0 radical (unpaired) electrons. The zero-order valence-electron chi connectivity index (χ0n) is 18.7. The van der Waals surface area contributed by atoms with Gasteiger partial charge in [-0.3, -0.25) is 9.59 Å². The van der Waals surface area contributed by atoms with Gasteiger partial charge in [-0.1, -0.05) is 36.8 Å². The van der Waals surface area contributed by atoms with E-state index in [9.17, 15) is 22.4 Å². The summed E-state index contributed by atoms with van der Waals surface area (Å²) in [7, 11) is -3.78. The number of sulfonamides is 1. The second kappa shape index (κ2) is 11.4. The first-order chi connectivity index (χ1) is 15.8. The minimum Gasteiger partial charge on any atom is -0.348 e. The van der Waals surface area contributed by atoms with Crippen LogP contribution in [-0.4, -0.2) is 50.2 Å². The first-order valence-electron chi connectivity index (χ1n) is 11.2. The molecular weight excluding hydrogens is 445 g/mol. The minimum atomic E-state index is -3.78. The maximum atomic E-state index is 13.6. The summed E-state index contributed by atoms with van der Waals surface area (Å²) in [6, 6.07) is 13.1. The maximum absolute atomic E-state index is 13.6. The molecule has 0 bridgehead atoms. The van der Waals surface area contributed by atoms with Crippen molar-refractivity contribution in [3.63, 3.8) is 0 Å². The molecule has 1 aliphatic rings. The van der Waals surface area contributed by atoms with Crippen LogP contribution in [0.15, 0.2) is 53.4 Å². The van der Waals surface area contributed by atoms with Crippen molar-refractivity contribution in [3.8, 4) is 0 Å². The fourth-order valence-corrected chi connectivity index (χ4v) is 5.78. The molecule has 0 spiro atoms. The van der Waals surface area contributed by atoms with Gasteiger partial charge in [0.1, 0.15) is 5.82 Å². The highest BCUT2D eigenvalue weighted by molar-refractivity contribution is 7.89. The molecule has 1 aliphatic heterocycles. The van der Waals surface area contributed by atoms with Crippen LogP contribution in [0.4, 0.5) is 4.39 Å². The lowest BCUT2D eigenvalue weighted by atomic mass is 10.0. The van der Waals surface area contributed by atoms with Gasteiger partial charge in [-0.05, 0) is 61.9 Å². The highest BCUT2D eigenvalue weighted by Gasteiger charge is 2.33. The average Bonchev–Trinajstić information content (AvgIpc) is 2.81. The first kappa shape index (κ1) is 24.9. The Balaban J connectivity index is 1.51. The number of hydrogen-bond acceptors (Lipinski definition) is 4. The number of hydrogen-bond donors (Lipinski definition) is 2. The normalized spacial score (nSPS) is 16.8. The summed E-state index contributed by atoms with van der Waals surface area (Å²) in [5.74, 6) is -1.89. The summed E-state index contributed by atoms with van der Waals surface area (Å²) in [5.41, 5.74) is 1.34. The van der Waals surface area contributed by atoms with Crippen LogP contribution < -0.4 is 10.6 Å². The second-order valence-electron chi connectivity index (χ2n) is 8.21. The summed E-state index contributed by atoms with van der Waals surface area (Å²) < 4.78 is 41.3. The molecule has 2 N–H and O–H groups in total. The summed E-state index contributed by atoms with van der Waals surface area (Å²) >= 11 is 0. The van der Waals surface area contributed by atoms with Crippen molar-refractivity contribution < 1.29 is 22.4 Å². The van der Waals surface area contributed by atoms with E-state index in [1.54, 1.807) is 0 Å². The third-order valence-corrected chi connectivity index (χ3v) is 7.77. The lowest BCUT2D eigenvalue weighted by molar-refractivity contribution is -0.139. The van der Waals surface area contributed by atoms with Gasteiger partial charge in [0.15, 0.2) is 0 Å². The number of carbonyl (C=O) groups is 2. The Hall–Kier alpha value is -2.78. The molecule has 0 aliphatic carbocycles. The minimum absolute atomic E-state index is 0.0649. The Morgan fingerprint density at radius 1 is 1.03 bits per heavy atom. The molecule has 1 fully saturated rings. The van der Waals surface area contributed by atoms with Gasteiger partial charge in [-0.25, -0.2) is 12.8 Å². The number of amides is 2. The number of nitrogens with zero attached hydrogens (tertiary/aromatic N) is 1. The third-order valence-electron chi connectivity index (χ3n) is 5.82. The van der Waals surface area contributed by atoms with Crippen LogP contribution in [0.25, 0.3) is 0 Å². The van der Waals surface area contributed by atoms with Crippen molar-refractivity contribution in [2.75, 3.05) is 19.6 Å². The predicted molar refractivity (Wildman–Crippen MR) is 123 cm³/mol. The maximum Gasteiger partial charge on any atom is 0.309 e. The molecule has 3 rings (SSSR count). The highest BCUT2D eigenvalue weighted by atomic mass is 32.2. The van der Waals surface area contributed by atoms with Gasteiger partial charge >= 0.3 is 11.8 Å². The Kier molecular flexibility index (Phi) is 8.57. The quantitative estimate of drug-likeness (QED) is 0.574. The number of aryl methyl sites for hydroxylation is 1. The van der Waals surface area contributed by atoms with Gasteiger partial charge in [0.25, 0.3) is 0 Å². The molecule has 2 amide bonds. The molecule has 1 saturated heterocycles. The number of piperidine rings is 1. The van der Waals surface area contributed by atoms with E-state index in [1.165, 1.54) is 23.4 Å². The van der Waals surface area contributed by atoms with Crippen LogP contribution in [0.3, 0.4) is 0 Å². The molecule has 9 heteroatoms. The molecular formula is C24H30FN3O4S. The van der Waals surface area contributed by atoms with Crippen LogP contribution in [-0.2, 0) is 26.0 Å². The molecule has 1 atom stereocenters. The monoisotopic (exact) mass is 475 g/mol.